The van der Waals surface area contributed by atoms with Gasteiger partial charge in [-0.15, -0.1) is 0 Å². The molecular formula is C24H35NO5. The highest BCUT2D eigenvalue weighted by atomic mass is 16.5. The first-order valence-electron chi connectivity index (χ1n) is 10.8. The van der Waals surface area contributed by atoms with Gasteiger partial charge in [0.05, 0.1) is 12.2 Å². The van der Waals surface area contributed by atoms with Crippen LogP contribution in [0, 0.1) is 11.8 Å². The molecule has 0 radical (unpaired) electrons. The summed E-state index contributed by atoms with van der Waals surface area (Å²) in [5.41, 5.74) is 0. The van der Waals surface area contributed by atoms with Crippen LogP contribution in [0.1, 0.15) is 39.0 Å². The average Bonchev–Trinajstić information content (AvgIpc) is 3.00. The summed E-state index contributed by atoms with van der Waals surface area (Å²) in [4.78, 5) is 11.4. The smallest absolute Gasteiger partial charge is 0.219 e. The zero-order valence-electron chi connectivity index (χ0n) is 17.7. The molecule has 0 aromatic heterocycles. The fourth-order valence-corrected chi connectivity index (χ4v) is 3.75. The molecule has 1 aromatic carbocycles. The maximum absolute atomic E-state index is 11.4. The second-order valence-electron chi connectivity index (χ2n) is 7.74. The van der Waals surface area contributed by atoms with Crippen molar-refractivity contribution >= 4 is 5.91 Å². The Hall–Kier alpha value is -2.15. The minimum atomic E-state index is -0.791. The Balaban J connectivity index is 1.78. The number of aliphatic hydroxyl groups excluding tert-OH is 3. The predicted octanol–water partition coefficient (Wildman–Crippen LogP) is 2.59. The minimum Gasteiger partial charge on any atom is -0.491 e. The highest BCUT2D eigenvalue weighted by molar-refractivity contribution is 5.75. The second-order valence-corrected chi connectivity index (χ2v) is 7.74. The van der Waals surface area contributed by atoms with Crippen LogP contribution in [0.25, 0.3) is 0 Å². The van der Waals surface area contributed by atoms with E-state index in [0.29, 0.717) is 31.6 Å². The highest BCUT2D eigenvalue weighted by Crippen LogP contribution is 2.36. The van der Waals surface area contributed by atoms with E-state index in [1.54, 1.807) is 12.2 Å². The van der Waals surface area contributed by atoms with Gasteiger partial charge in [0.1, 0.15) is 18.5 Å². The van der Waals surface area contributed by atoms with Crippen molar-refractivity contribution in [2.75, 3.05) is 13.2 Å². The third-order valence-corrected chi connectivity index (χ3v) is 5.36. The van der Waals surface area contributed by atoms with E-state index in [0.717, 1.165) is 12.8 Å². The molecule has 0 heterocycles. The molecule has 5 atom stereocenters. The number of unbranched alkanes of at least 4 members (excludes halogenated alkanes) is 1. The van der Waals surface area contributed by atoms with Crippen molar-refractivity contribution < 1.29 is 24.9 Å². The average molecular weight is 418 g/mol. The first kappa shape index (κ1) is 24.1. The van der Waals surface area contributed by atoms with E-state index >= 15 is 0 Å². The molecule has 6 nitrogen and oxygen atoms in total. The first-order chi connectivity index (χ1) is 14.5. The molecule has 1 aromatic rings. The maximum atomic E-state index is 11.4. The van der Waals surface area contributed by atoms with E-state index in [1.807, 2.05) is 49.4 Å². The van der Waals surface area contributed by atoms with Crippen LogP contribution in [0.3, 0.4) is 0 Å². The van der Waals surface area contributed by atoms with Crippen LogP contribution in [0.2, 0.25) is 0 Å². The number of aliphatic hydroxyl groups is 3. The number of para-hydroxylation sites is 1. The third-order valence-electron chi connectivity index (χ3n) is 5.36. The Labute approximate surface area is 179 Å². The lowest BCUT2D eigenvalue weighted by Crippen LogP contribution is -2.22. The number of amides is 1. The van der Waals surface area contributed by atoms with Gasteiger partial charge in [-0.25, -0.2) is 0 Å². The van der Waals surface area contributed by atoms with Crippen LogP contribution in [0.5, 0.6) is 5.75 Å². The summed E-state index contributed by atoms with van der Waals surface area (Å²) in [6.45, 7) is 2.68. The lowest BCUT2D eigenvalue weighted by molar-refractivity contribution is -0.121. The largest absolute Gasteiger partial charge is 0.491 e. The van der Waals surface area contributed by atoms with Crippen molar-refractivity contribution in [2.45, 2.75) is 57.3 Å². The SMILES string of the molecule is CCNC(=O)CCC/C=C\C[C@@H]1[C@@H](/C=C/[C@@H](O)COc2ccccc2)[C@H](O)C[C@@H]1O. The van der Waals surface area contributed by atoms with Crippen molar-refractivity contribution in [2.24, 2.45) is 11.8 Å². The molecule has 2 rings (SSSR count). The van der Waals surface area contributed by atoms with Gasteiger partial charge in [0.25, 0.3) is 0 Å². The van der Waals surface area contributed by atoms with Crippen LogP contribution in [0.15, 0.2) is 54.6 Å². The number of rotatable bonds is 12. The fourth-order valence-electron chi connectivity index (χ4n) is 3.75. The van der Waals surface area contributed by atoms with E-state index in [9.17, 15) is 20.1 Å². The van der Waals surface area contributed by atoms with Crippen LogP contribution >= 0.6 is 0 Å². The summed E-state index contributed by atoms with van der Waals surface area (Å²) < 4.78 is 5.54. The topological polar surface area (TPSA) is 99.0 Å². The summed E-state index contributed by atoms with van der Waals surface area (Å²) in [6, 6.07) is 9.28. The van der Waals surface area contributed by atoms with Gasteiger partial charge in [0.15, 0.2) is 0 Å². The molecule has 0 spiro atoms. The number of carbonyl (C=O) groups is 1. The van der Waals surface area contributed by atoms with Gasteiger partial charge in [0.2, 0.25) is 5.91 Å². The molecule has 1 aliphatic carbocycles. The van der Waals surface area contributed by atoms with Crippen LogP contribution in [0.4, 0.5) is 0 Å². The van der Waals surface area contributed by atoms with Crippen molar-refractivity contribution in [1.82, 2.24) is 5.32 Å². The molecule has 0 saturated heterocycles. The number of ether oxygens (including phenoxy) is 1. The summed E-state index contributed by atoms with van der Waals surface area (Å²) in [5.74, 6) is 0.446. The Bertz CT molecular complexity index is 675. The molecule has 0 unspecified atom stereocenters. The molecule has 6 heteroatoms. The lowest BCUT2D eigenvalue weighted by atomic mass is 9.89. The van der Waals surface area contributed by atoms with E-state index in [1.165, 1.54) is 0 Å². The van der Waals surface area contributed by atoms with Gasteiger partial charge in [-0.1, -0.05) is 42.5 Å². The van der Waals surface area contributed by atoms with Gasteiger partial charge < -0.3 is 25.4 Å². The Morgan fingerprint density at radius 3 is 2.73 bits per heavy atom. The molecule has 166 valence electrons. The summed E-state index contributed by atoms with van der Waals surface area (Å²) in [7, 11) is 0. The van der Waals surface area contributed by atoms with Gasteiger partial charge in [0, 0.05) is 25.3 Å². The first-order valence-corrected chi connectivity index (χ1v) is 10.8. The van der Waals surface area contributed by atoms with E-state index < -0.39 is 18.3 Å². The molecule has 30 heavy (non-hydrogen) atoms. The summed E-state index contributed by atoms with van der Waals surface area (Å²) >= 11 is 0. The van der Waals surface area contributed by atoms with Crippen LogP contribution in [-0.2, 0) is 4.79 Å². The summed E-state index contributed by atoms with van der Waals surface area (Å²) in [6.07, 6.45) is 8.56. The minimum absolute atomic E-state index is 0.0697. The number of carbonyl (C=O) groups excluding carboxylic acids is 1. The number of hydrogen-bond acceptors (Lipinski definition) is 5. The molecular weight excluding hydrogens is 382 g/mol. The molecule has 0 bridgehead atoms. The molecule has 0 aliphatic heterocycles. The van der Waals surface area contributed by atoms with Crippen molar-refractivity contribution in [3.8, 4) is 5.75 Å². The number of nitrogens with one attached hydrogen (secondary N) is 1. The fraction of sp³-hybridized carbons (Fsp3) is 0.542. The predicted molar refractivity (Wildman–Crippen MR) is 117 cm³/mol. The van der Waals surface area contributed by atoms with Crippen molar-refractivity contribution in [3.05, 3.63) is 54.6 Å². The molecule has 4 N–H and O–H groups in total. The Morgan fingerprint density at radius 2 is 2.00 bits per heavy atom. The summed E-state index contributed by atoms with van der Waals surface area (Å²) in [5, 5.41) is 33.6. The number of allylic oxidation sites excluding steroid dienone is 2. The quantitative estimate of drug-likeness (QED) is 0.310. The van der Waals surface area contributed by atoms with E-state index in [2.05, 4.69) is 5.32 Å². The van der Waals surface area contributed by atoms with Crippen molar-refractivity contribution in [3.63, 3.8) is 0 Å². The maximum Gasteiger partial charge on any atom is 0.219 e. The highest BCUT2D eigenvalue weighted by Gasteiger charge is 2.39. The molecule has 1 aliphatic rings. The number of benzene rings is 1. The van der Waals surface area contributed by atoms with Crippen molar-refractivity contribution in [1.29, 1.82) is 0 Å². The lowest BCUT2D eigenvalue weighted by Gasteiger charge is -2.19. The van der Waals surface area contributed by atoms with E-state index in [-0.39, 0.29) is 24.3 Å². The van der Waals surface area contributed by atoms with Crippen LogP contribution < -0.4 is 10.1 Å². The molecule has 1 saturated carbocycles. The van der Waals surface area contributed by atoms with Gasteiger partial charge in [-0.3, -0.25) is 4.79 Å². The Kier molecular flexibility index (Phi) is 10.6. The van der Waals surface area contributed by atoms with Gasteiger partial charge >= 0.3 is 0 Å². The Morgan fingerprint density at radius 1 is 1.23 bits per heavy atom. The zero-order chi connectivity index (χ0) is 21.8. The number of hydrogen-bond donors (Lipinski definition) is 4. The molecule has 1 fully saturated rings. The normalized spacial score (nSPS) is 25.1. The third kappa shape index (κ3) is 8.30. The van der Waals surface area contributed by atoms with E-state index in [4.69, 9.17) is 4.74 Å². The standard InChI is InChI=1S/C24H35NO5/c1-2-25-24(29)13-9-4-3-8-12-20-21(23(28)16-22(20)27)15-14-18(26)17-30-19-10-6-5-7-11-19/h3,5-8,10-11,14-15,18,20-23,26-28H,2,4,9,12-13,16-17H2,1H3,(H,25,29)/b8-3-,15-14+/t18-,20-,21-,22+,23-/m1/s1. The second kappa shape index (κ2) is 13.2. The zero-order valence-corrected chi connectivity index (χ0v) is 17.7. The monoisotopic (exact) mass is 417 g/mol. The van der Waals surface area contributed by atoms with Gasteiger partial charge in [-0.2, -0.15) is 0 Å². The van der Waals surface area contributed by atoms with Gasteiger partial charge in [-0.05, 0) is 44.2 Å². The molecule has 1 amide bonds. The van der Waals surface area contributed by atoms with Crippen LogP contribution in [-0.4, -0.2) is 52.7 Å².